The summed E-state index contributed by atoms with van der Waals surface area (Å²) in [5, 5.41) is 9.37. The maximum atomic E-state index is 12.3. The number of likely N-dealkylation sites (tertiary alicyclic amines) is 1. The second-order valence-corrected chi connectivity index (χ2v) is 6.94. The maximum absolute atomic E-state index is 12.3. The zero-order chi connectivity index (χ0) is 16.0. The van der Waals surface area contributed by atoms with Crippen molar-refractivity contribution in [1.82, 2.24) is 9.80 Å². The first-order chi connectivity index (χ1) is 11.2. The Bertz CT molecular complexity index is 598. The molecule has 5 heteroatoms. The van der Waals surface area contributed by atoms with E-state index in [4.69, 9.17) is 4.74 Å². The van der Waals surface area contributed by atoms with E-state index in [-0.39, 0.29) is 18.6 Å². The van der Waals surface area contributed by atoms with Crippen LogP contribution in [0.2, 0.25) is 0 Å². The van der Waals surface area contributed by atoms with E-state index in [0.29, 0.717) is 24.4 Å². The number of methoxy groups -OCH3 is 1. The van der Waals surface area contributed by atoms with Crippen molar-refractivity contribution in [2.24, 2.45) is 5.92 Å². The Morgan fingerprint density at radius 3 is 2.78 bits per heavy atom. The van der Waals surface area contributed by atoms with E-state index in [0.717, 1.165) is 18.8 Å². The Hall–Kier alpha value is -1.59. The van der Waals surface area contributed by atoms with E-state index in [1.165, 1.54) is 18.4 Å². The quantitative estimate of drug-likeness (QED) is 0.906. The van der Waals surface area contributed by atoms with Gasteiger partial charge in [0.05, 0.1) is 13.2 Å². The monoisotopic (exact) mass is 316 g/mol. The van der Waals surface area contributed by atoms with Gasteiger partial charge in [-0.2, -0.15) is 0 Å². The lowest BCUT2D eigenvalue weighted by Crippen LogP contribution is -2.61. The molecule has 2 bridgehead atoms. The van der Waals surface area contributed by atoms with Crippen LogP contribution in [0.25, 0.3) is 0 Å². The lowest BCUT2D eigenvalue weighted by molar-refractivity contribution is -0.138. The van der Waals surface area contributed by atoms with Crippen molar-refractivity contribution >= 4 is 5.91 Å². The van der Waals surface area contributed by atoms with E-state index in [1.54, 1.807) is 7.11 Å². The molecule has 1 aromatic carbocycles. The lowest BCUT2D eigenvalue weighted by atomic mass is 9.75. The van der Waals surface area contributed by atoms with Crippen molar-refractivity contribution in [2.45, 2.75) is 30.8 Å². The SMILES string of the molecule is COc1cccc([C@H]2CN(C(=O)CO)[C@@H]3C4CCN(CC4)[C@H]23)c1. The number of nitrogens with zero attached hydrogens (tertiary/aromatic N) is 2. The van der Waals surface area contributed by atoms with Gasteiger partial charge in [0, 0.05) is 18.5 Å². The van der Waals surface area contributed by atoms with Crippen molar-refractivity contribution in [3.05, 3.63) is 29.8 Å². The molecule has 0 radical (unpaired) electrons. The van der Waals surface area contributed by atoms with Gasteiger partial charge < -0.3 is 14.7 Å². The predicted molar refractivity (Wildman–Crippen MR) is 86.4 cm³/mol. The minimum absolute atomic E-state index is 0.126. The van der Waals surface area contributed by atoms with E-state index in [1.807, 2.05) is 17.0 Å². The lowest BCUT2D eigenvalue weighted by Gasteiger charge is -2.51. The van der Waals surface area contributed by atoms with Crippen LogP contribution in [-0.2, 0) is 4.79 Å². The number of amides is 1. The molecule has 4 saturated heterocycles. The fourth-order valence-electron chi connectivity index (χ4n) is 4.96. The van der Waals surface area contributed by atoms with Gasteiger partial charge in [-0.3, -0.25) is 9.69 Å². The molecular formula is C18H24N2O3. The first-order valence-electron chi connectivity index (χ1n) is 8.51. The number of piperidine rings is 3. The summed E-state index contributed by atoms with van der Waals surface area (Å²) in [7, 11) is 1.68. The van der Waals surface area contributed by atoms with Gasteiger partial charge >= 0.3 is 0 Å². The Kier molecular flexibility index (Phi) is 3.77. The van der Waals surface area contributed by atoms with Crippen LogP contribution < -0.4 is 4.74 Å². The van der Waals surface area contributed by atoms with E-state index < -0.39 is 0 Å². The number of aliphatic hydroxyl groups is 1. The van der Waals surface area contributed by atoms with E-state index in [9.17, 15) is 9.90 Å². The molecule has 5 nitrogen and oxygen atoms in total. The average molecular weight is 316 g/mol. The Labute approximate surface area is 136 Å². The van der Waals surface area contributed by atoms with Crippen LogP contribution in [0.15, 0.2) is 24.3 Å². The summed E-state index contributed by atoms with van der Waals surface area (Å²) in [5.74, 6) is 1.62. The fourth-order valence-corrected chi connectivity index (χ4v) is 4.96. The van der Waals surface area contributed by atoms with Crippen molar-refractivity contribution in [3.8, 4) is 5.75 Å². The Morgan fingerprint density at radius 1 is 1.30 bits per heavy atom. The van der Waals surface area contributed by atoms with Gasteiger partial charge in [-0.15, -0.1) is 0 Å². The van der Waals surface area contributed by atoms with Crippen LogP contribution in [0, 0.1) is 5.92 Å². The van der Waals surface area contributed by atoms with Crippen LogP contribution in [0.1, 0.15) is 24.3 Å². The summed E-state index contributed by atoms with van der Waals surface area (Å²) < 4.78 is 5.37. The van der Waals surface area contributed by atoms with Gasteiger partial charge in [0.1, 0.15) is 12.4 Å². The van der Waals surface area contributed by atoms with Crippen LogP contribution in [0.3, 0.4) is 0 Å². The van der Waals surface area contributed by atoms with Crippen molar-refractivity contribution in [2.75, 3.05) is 33.4 Å². The van der Waals surface area contributed by atoms with Gasteiger partial charge in [-0.25, -0.2) is 0 Å². The number of ether oxygens (including phenoxy) is 1. The number of benzene rings is 1. The normalized spacial score (nSPS) is 35.2. The Morgan fingerprint density at radius 2 is 2.09 bits per heavy atom. The number of carbonyl (C=O) groups excluding carboxylic acids is 1. The molecule has 1 N–H and O–H groups in total. The standard InChI is InChI=1S/C18H24N2O3/c1-23-14-4-2-3-13(9-14)15-10-20(16(22)11-21)17-12-5-7-19(8-6-12)18(15)17/h2-4,9,12,15,17-18,21H,5-8,10-11H2,1H3/t15-,17-,18-/m1/s1. The number of hydrogen-bond donors (Lipinski definition) is 1. The first-order valence-corrected chi connectivity index (χ1v) is 8.51. The molecule has 1 amide bonds. The molecule has 3 atom stereocenters. The predicted octanol–water partition coefficient (Wildman–Crippen LogP) is 1.08. The summed E-state index contributed by atoms with van der Waals surface area (Å²) in [6.45, 7) is 2.58. The molecule has 5 rings (SSSR count). The molecule has 4 heterocycles. The average Bonchev–Trinajstić information content (AvgIpc) is 3.05. The number of rotatable bonds is 3. The molecule has 0 spiro atoms. The highest BCUT2D eigenvalue weighted by Gasteiger charge is 2.54. The molecule has 0 aliphatic carbocycles. The largest absolute Gasteiger partial charge is 0.497 e. The molecule has 0 unspecified atom stereocenters. The Balaban J connectivity index is 1.71. The minimum Gasteiger partial charge on any atom is -0.497 e. The zero-order valence-corrected chi connectivity index (χ0v) is 13.5. The highest BCUT2D eigenvalue weighted by Crippen LogP contribution is 2.46. The summed E-state index contributed by atoms with van der Waals surface area (Å²) in [4.78, 5) is 16.8. The third-order valence-corrected chi connectivity index (χ3v) is 5.97. The number of carbonyl (C=O) groups is 1. The van der Waals surface area contributed by atoms with Gasteiger partial charge in [-0.1, -0.05) is 12.1 Å². The molecule has 4 fully saturated rings. The second kappa shape index (κ2) is 5.80. The number of fused-ring (bicyclic) bond motifs is 2. The summed E-state index contributed by atoms with van der Waals surface area (Å²) in [6, 6.07) is 8.85. The first kappa shape index (κ1) is 15.0. The van der Waals surface area contributed by atoms with Crippen molar-refractivity contribution < 1.29 is 14.6 Å². The van der Waals surface area contributed by atoms with Crippen LogP contribution in [0.4, 0.5) is 0 Å². The molecule has 0 aromatic heterocycles. The van der Waals surface area contributed by atoms with Gasteiger partial charge in [-0.05, 0) is 49.5 Å². The highest BCUT2D eigenvalue weighted by molar-refractivity contribution is 5.78. The van der Waals surface area contributed by atoms with Crippen molar-refractivity contribution in [3.63, 3.8) is 0 Å². The fraction of sp³-hybridized carbons (Fsp3) is 0.611. The van der Waals surface area contributed by atoms with Crippen LogP contribution in [0.5, 0.6) is 5.75 Å². The molecule has 23 heavy (non-hydrogen) atoms. The zero-order valence-electron chi connectivity index (χ0n) is 13.5. The molecule has 1 aromatic rings. The van der Waals surface area contributed by atoms with E-state index in [2.05, 4.69) is 17.0 Å². The summed E-state index contributed by atoms with van der Waals surface area (Å²) in [6.07, 6.45) is 2.34. The number of aliphatic hydroxyl groups excluding tert-OH is 1. The smallest absolute Gasteiger partial charge is 0.248 e. The second-order valence-electron chi connectivity index (χ2n) is 6.94. The van der Waals surface area contributed by atoms with Gasteiger partial charge in [0.2, 0.25) is 5.91 Å². The molecule has 0 saturated carbocycles. The van der Waals surface area contributed by atoms with Crippen LogP contribution >= 0.6 is 0 Å². The minimum atomic E-state index is -0.388. The number of hydrogen-bond acceptors (Lipinski definition) is 4. The third kappa shape index (κ3) is 2.34. The molecule has 4 aliphatic rings. The molecular weight excluding hydrogens is 292 g/mol. The molecule has 124 valence electrons. The highest BCUT2D eigenvalue weighted by atomic mass is 16.5. The van der Waals surface area contributed by atoms with E-state index >= 15 is 0 Å². The maximum Gasteiger partial charge on any atom is 0.248 e. The third-order valence-electron chi connectivity index (χ3n) is 5.97. The van der Waals surface area contributed by atoms with Gasteiger partial charge in [0.25, 0.3) is 0 Å². The van der Waals surface area contributed by atoms with Gasteiger partial charge in [0.15, 0.2) is 0 Å². The van der Waals surface area contributed by atoms with Crippen LogP contribution in [-0.4, -0.2) is 66.2 Å². The molecule has 4 aliphatic heterocycles. The van der Waals surface area contributed by atoms with Crippen molar-refractivity contribution in [1.29, 1.82) is 0 Å². The topological polar surface area (TPSA) is 53.0 Å². The summed E-state index contributed by atoms with van der Waals surface area (Å²) >= 11 is 0. The summed E-state index contributed by atoms with van der Waals surface area (Å²) in [5.41, 5.74) is 1.24.